The van der Waals surface area contributed by atoms with E-state index in [1.807, 2.05) is 6.26 Å². The highest BCUT2D eigenvalue weighted by Crippen LogP contribution is 2.21. The molecule has 0 radical (unpaired) electrons. The number of thioether (sulfide) groups is 1. The molecule has 1 heterocycles. The van der Waals surface area contributed by atoms with Crippen LogP contribution in [0.2, 0.25) is 0 Å². The molecule has 2 atom stereocenters. The molecule has 0 amide bonds. The van der Waals surface area contributed by atoms with Crippen LogP contribution in [-0.4, -0.2) is 16.5 Å². The van der Waals surface area contributed by atoms with Crippen molar-refractivity contribution >= 4 is 11.8 Å². The van der Waals surface area contributed by atoms with E-state index in [1.165, 1.54) is 11.8 Å². The molecule has 0 bridgehead atoms. The van der Waals surface area contributed by atoms with Crippen LogP contribution in [-0.2, 0) is 0 Å². The fourth-order valence-electron chi connectivity index (χ4n) is 0.981. The second-order valence-electron chi connectivity index (χ2n) is 3.10. The molecule has 4 nitrogen and oxygen atoms in total. The van der Waals surface area contributed by atoms with Gasteiger partial charge < -0.3 is 10.2 Å². The first kappa shape index (κ1) is 10.5. The largest absolute Gasteiger partial charge is 0.410 e. The summed E-state index contributed by atoms with van der Waals surface area (Å²) < 4.78 is 5.40. The zero-order chi connectivity index (χ0) is 9.84. The average Bonchev–Trinajstić information content (AvgIpc) is 2.63. The molecule has 0 unspecified atom stereocenters. The zero-order valence-electron chi connectivity index (χ0n) is 8.28. The van der Waals surface area contributed by atoms with E-state index in [0.717, 1.165) is 6.42 Å². The monoisotopic (exact) mass is 202 g/mol. The summed E-state index contributed by atoms with van der Waals surface area (Å²) in [6.07, 6.45) is 2.99. The van der Waals surface area contributed by atoms with E-state index in [0.29, 0.717) is 17.0 Å². The van der Waals surface area contributed by atoms with E-state index in [1.54, 1.807) is 0 Å². The number of rotatable bonds is 4. The SMILES string of the molecule is CC[C@H](C)[C@H]([NH3+])c1nnc(SC)o1. The van der Waals surface area contributed by atoms with Crippen molar-refractivity contribution in [2.45, 2.75) is 31.5 Å². The van der Waals surface area contributed by atoms with Gasteiger partial charge >= 0.3 is 0 Å². The van der Waals surface area contributed by atoms with E-state index >= 15 is 0 Å². The molecule has 0 aliphatic rings. The lowest BCUT2D eigenvalue weighted by Crippen LogP contribution is -2.56. The molecule has 13 heavy (non-hydrogen) atoms. The average molecular weight is 202 g/mol. The van der Waals surface area contributed by atoms with Gasteiger partial charge in [-0.1, -0.05) is 25.6 Å². The molecule has 0 fully saturated rings. The van der Waals surface area contributed by atoms with Crippen LogP contribution in [0.15, 0.2) is 9.64 Å². The van der Waals surface area contributed by atoms with Crippen molar-refractivity contribution in [2.24, 2.45) is 5.92 Å². The fourth-order valence-corrected chi connectivity index (χ4v) is 1.27. The lowest BCUT2D eigenvalue weighted by Gasteiger charge is -2.09. The second-order valence-corrected chi connectivity index (χ2v) is 3.86. The minimum Gasteiger partial charge on any atom is -0.410 e. The third kappa shape index (κ3) is 2.45. The van der Waals surface area contributed by atoms with Gasteiger partial charge in [0.2, 0.25) is 0 Å². The molecule has 0 saturated heterocycles. The van der Waals surface area contributed by atoms with Gasteiger partial charge in [-0.3, -0.25) is 0 Å². The number of hydrogen-bond donors (Lipinski definition) is 1. The second kappa shape index (κ2) is 4.62. The molecule has 5 heteroatoms. The molecular formula is C8H16N3OS+. The van der Waals surface area contributed by atoms with Gasteiger partial charge in [-0.05, 0) is 12.7 Å². The van der Waals surface area contributed by atoms with E-state index in [-0.39, 0.29) is 6.04 Å². The summed E-state index contributed by atoms with van der Waals surface area (Å²) >= 11 is 1.46. The topological polar surface area (TPSA) is 66.6 Å². The minimum absolute atomic E-state index is 0.110. The zero-order valence-corrected chi connectivity index (χ0v) is 9.10. The number of nitrogens with zero attached hydrogens (tertiary/aromatic N) is 2. The summed E-state index contributed by atoms with van der Waals surface area (Å²) in [7, 11) is 0. The Kier molecular flexibility index (Phi) is 3.74. The number of hydrogen-bond acceptors (Lipinski definition) is 4. The van der Waals surface area contributed by atoms with Crippen molar-refractivity contribution < 1.29 is 10.2 Å². The van der Waals surface area contributed by atoms with Gasteiger partial charge in [-0.2, -0.15) is 0 Å². The Hall–Kier alpha value is -0.550. The first-order valence-electron chi connectivity index (χ1n) is 4.39. The molecule has 0 aromatic carbocycles. The molecule has 74 valence electrons. The summed E-state index contributed by atoms with van der Waals surface area (Å²) in [4.78, 5) is 0. The molecule has 0 aliphatic heterocycles. The Morgan fingerprint density at radius 2 is 2.23 bits per heavy atom. The van der Waals surface area contributed by atoms with Gasteiger partial charge in [0.1, 0.15) is 0 Å². The van der Waals surface area contributed by atoms with Crippen LogP contribution in [0.1, 0.15) is 32.2 Å². The van der Waals surface area contributed by atoms with Crippen LogP contribution in [0, 0.1) is 5.92 Å². The van der Waals surface area contributed by atoms with E-state index < -0.39 is 0 Å². The Balaban J connectivity index is 2.70. The van der Waals surface area contributed by atoms with Gasteiger partial charge in [0.25, 0.3) is 11.1 Å². The van der Waals surface area contributed by atoms with Gasteiger partial charge in [0.05, 0.1) is 0 Å². The lowest BCUT2D eigenvalue weighted by atomic mass is 10.0. The maximum absolute atomic E-state index is 5.40. The normalized spacial score (nSPS) is 15.7. The third-order valence-electron chi connectivity index (χ3n) is 2.24. The Morgan fingerprint density at radius 3 is 2.69 bits per heavy atom. The van der Waals surface area contributed by atoms with E-state index in [2.05, 4.69) is 29.8 Å². The maximum atomic E-state index is 5.40. The Bertz CT molecular complexity index is 264. The molecule has 0 aliphatic carbocycles. The number of quaternary nitrogens is 1. The highest BCUT2D eigenvalue weighted by atomic mass is 32.2. The summed E-state index contributed by atoms with van der Waals surface area (Å²) in [5.41, 5.74) is 4.02. The minimum atomic E-state index is 0.110. The highest BCUT2D eigenvalue weighted by molar-refractivity contribution is 7.98. The summed E-state index contributed by atoms with van der Waals surface area (Å²) in [5, 5.41) is 8.45. The van der Waals surface area contributed by atoms with Gasteiger partial charge in [0.15, 0.2) is 6.04 Å². The van der Waals surface area contributed by atoms with Crippen LogP contribution in [0.4, 0.5) is 0 Å². The smallest absolute Gasteiger partial charge is 0.276 e. The molecule has 0 spiro atoms. The van der Waals surface area contributed by atoms with Crippen LogP contribution in [0.5, 0.6) is 0 Å². The summed E-state index contributed by atoms with van der Waals surface area (Å²) in [6.45, 7) is 4.27. The first-order valence-corrected chi connectivity index (χ1v) is 5.62. The quantitative estimate of drug-likeness (QED) is 0.743. The van der Waals surface area contributed by atoms with Crippen molar-refractivity contribution in [1.29, 1.82) is 0 Å². The predicted molar refractivity (Wildman–Crippen MR) is 51.2 cm³/mol. The Labute approximate surface area is 82.3 Å². The van der Waals surface area contributed by atoms with E-state index in [4.69, 9.17) is 4.42 Å². The third-order valence-corrected chi connectivity index (χ3v) is 2.76. The van der Waals surface area contributed by atoms with Crippen molar-refractivity contribution in [3.8, 4) is 0 Å². The lowest BCUT2D eigenvalue weighted by molar-refractivity contribution is -0.444. The standard InChI is InChI=1S/C8H15N3OS/c1-4-5(2)6(9)7-10-11-8(12-7)13-3/h5-6H,4,9H2,1-3H3/p+1/t5-,6-/m0/s1. The molecule has 3 N–H and O–H groups in total. The molecule has 1 aromatic rings. The summed E-state index contributed by atoms with van der Waals surface area (Å²) in [6, 6.07) is 0.110. The highest BCUT2D eigenvalue weighted by Gasteiger charge is 2.22. The van der Waals surface area contributed by atoms with Crippen molar-refractivity contribution in [3.63, 3.8) is 0 Å². The number of aromatic nitrogens is 2. The van der Waals surface area contributed by atoms with Gasteiger partial charge in [-0.25, -0.2) is 0 Å². The van der Waals surface area contributed by atoms with Gasteiger partial charge in [0, 0.05) is 5.92 Å². The van der Waals surface area contributed by atoms with Crippen LogP contribution < -0.4 is 5.73 Å². The van der Waals surface area contributed by atoms with Crippen molar-refractivity contribution in [1.82, 2.24) is 10.2 Å². The fraction of sp³-hybridized carbons (Fsp3) is 0.750. The van der Waals surface area contributed by atoms with Crippen LogP contribution >= 0.6 is 11.8 Å². The predicted octanol–water partition coefficient (Wildman–Crippen LogP) is 1.12. The molecule has 0 saturated carbocycles. The Morgan fingerprint density at radius 1 is 1.54 bits per heavy atom. The van der Waals surface area contributed by atoms with Crippen molar-refractivity contribution in [3.05, 3.63) is 5.89 Å². The molecule has 1 rings (SSSR count). The van der Waals surface area contributed by atoms with Crippen molar-refractivity contribution in [2.75, 3.05) is 6.26 Å². The molecular weight excluding hydrogens is 186 g/mol. The molecule has 1 aromatic heterocycles. The van der Waals surface area contributed by atoms with Crippen LogP contribution in [0.3, 0.4) is 0 Å². The van der Waals surface area contributed by atoms with Gasteiger partial charge in [-0.15, -0.1) is 10.2 Å². The summed E-state index contributed by atoms with van der Waals surface area (Å²) in [5.74, 6) is 1.13. The first-order chi connectivity index (χ1) is 6.19. The van der Waals surface area contributed by atoms with Crippen LogP contribution in [0.25, 0.3) is 0 Å². The maximum Gasteiger partial charge on any atom is 0.276 e. The van der Waals surface area contributed by atoms with E-state index in [9.17, 15) is 0 Å².